The summed E-state index contributed by atoms with van der Waals surface area (Å²) in [5.74, 6) is 0.737. The van der Waals surface area contributed by atoms with Gasteiger partial charge < -0.3 is 5.32 Å². The normalized spacial score (nSPS) is 12.9. The number of fused-ring (bicyclic) bond motifs is 1. The summed E-state index contributed by atoms with van der Waals surface area (Å²) in [5, 5.41) is 12.6. The van der Waals surface area contributed by atoms with Gasteiger partial charge in [0.2, 0.25) is 0 Å². The number of hydrogen-bond donors (Lipinski definition) is 1. The van der Waals surface area contributed by atoms with Crippen LogP contribution >= 0.6 is 0 Å². The van der Waals surface area contributed by atoms with Gasteiger partial charge in [-0.25, -0.2) is 14.3 Å². The van der Waals surface area contributed by atoms with E-state index in [9.17, 15) is 4.79 Å². The fourth-order valence-corrected chi connectivity index (χ4v) is 3.02. The monoisotopic (exact) mass is 368 g/mol. The molecule has 7 nitrogen and oxygen atoms in total. The van der Waals surface area contributed by atoms with E-state index in [2.05, 4.69) is 57.1 Å². The van der Waals surface area contributed by atoms with Crippen molar-refractivity contribution in [1.29, 1.82) is 0 Å². The molecular weight excluding hydrogens is 340 g/mol. The highest BCUT2D eigenvalue weighted by molar-refractivity contribution is 6.11. The Labute approximate surface area is 159 Å². The van der Waals surface area contributed by atoms with Gasteiger partial charge >= 0.3 is 0 Å². The number of rotatable bonds is 6. The summed E-state index contributed by atoms with van der Waals surface area (Å²) in [6, 6.07) is 4.07. The number of hydrogen-bond acceptors (Lipinski definition) is 4. The molecule has 0 saturated heterocycles. The van der Waals surface area contributed by atoms with Crippen LogP contribution in [0.1, 0.15) is 82.0 Å². The Morgan fingerprint density at radius 1 is 1.15 bits per heavy atom. The molecule has 0 radical (unpaired) electrons. The third-order valence-corrected chi connectivity index (χ3v) is 4.83. The lowest BCUT2D eigenvalue weighted by molar-refractivity contribution is 0.102. The molecule has 7 heteroatoms. The van der Waals surface area contributed by atoms with Gasteiger partial charge in [0.25, 0.3) is 5.91 Å². The van der Waals surface area contributed by atoms with Crippen molar-refractivity contribution in [2.75, 3.05) is 5.32 Å². The van der Waals surface area contributed by atoms with Crippen molar-refractivity contribution < 1.29 is 4.79 Å². The summed E-state index contributed by atoms with van der Waals surface area (Å²) < 4.78 is 3.71. The van der Waals surface area contributed by atoms with Crippen LogP contribution in [0.2, 0.25) is 0 Å². The molecule has 3 rings (SSSR count). The van der Waals surface area contributed by atoms with Crippen LogP contribution in [0.25, 0.3) is 11.0 Å². The van der Waals surface area contributed by atoms with E-state index >= 15 is 0 Å². The highest BCUT2D eigenvalue weighted by Crippen LogP contribution is 2.25. The number of amides is 1. The van der Waals surface area contributed by atoms with E-state index in [1.54, 1.807) is 12.4 Å². The molecule has 0 bridgehead atoms. The molecule has 0 aliphatic heterocycles. The fraction of sp³-hybridized carbons (Fsp3) is 0.500. The van der Waals surface area contributed by atoms with Crippen LogP contribution in [-0.2, 0) is 0 Å². The lowest BCUT2D eigenvalue weighted by atomic mass is 10.0. The first-order valence-electron chi connectivity index (χ1n) is 9.56. The van der Waals surface area contributed by atoms with Crippen molar-refractivity contribution in [1.82, 2.24) is 24.5 Å². The molecular formula is C20H28N6O. The van der Waals surface area contributed by atoms with E-state index in [4.69, 9.17) is 4.98 Å². The van der Waals surface area contributed by atoms with Crippen molar-refractivity contribution in [2.45, 2.75) is 66.0 Å². The molecule has 0 saturated carbocycles. The van der Waals surface area contributed by atoms with Crippen molar-refractivity contribution in [3.63, 3.8) is 0 Å². The van der Waals surface area contributed by atoms with Gasteiger partial charge in [-0.2, -0.15) is 10.2 Å². The first-order valence-corrected chi connectivity index (χ1v) is 9.56. The van der Waals surface area contributed by atoms with E-state index in [1.165, 1.54) is 0 Å². The summed E-state index contributed by atoms with van der Waals surface area (Å²) >= 11 is 0. The van der Waals surface area contributed by atoms with Gasteiger partial charge in [0.05, 0.1) is 29.4 Å². The second-order valence-electron chi connectivity index (χ2n) is 7.54. The Kier molecular flexibility index (Phi) is 5.30. The third-order valence-electron chi connectivity index (χ3n) is 4.83. The van der Waals surface area contributed by atoms with Crippen LogP contribution in [0.3, 0.4) is 0 Å². The minimum Gasteiger partial charge on any atom is -0.307 e. The second-order valence-corrected chi connectivity index (χ2v) is 7.54. The molecule has 1 atom stereocenters. The van der Waals surface area contributed by atoms with Crippen molar-refractivity contribution >= 4 is 22.8 Å². The number of nitrogens with zero attached hydrogens (tertiary/aromatic N) is 5. The molecule has 1 amide bonds. The summed E-state index contributed by atoms with van der Waals surface area (Å²) in [6.45, 7) is 12.4. The minimum atomic E-state index is -0.169. The predicted molar refractivity (Wildman–Crippen MR) is 107 cm³/mol. The highest BCUT2D eigenvalue weighted by Gasteiger charge is 2.20. The van der Waals surface area contributed by atoms with E-state index in [0.717, 1.165) is 23.1 Å². The average molecular weight is 368 g/mol. The lowest BCUT2D eigenvalue weighted by Gasteiger charge is -2.15. The number of carbonyl (C=O) groups is 1. The van der Waals surface area contributed by atoms with Gasteiger partial charge in [-0.1, -0.05) is 20.8 Å². The Balaban J connectivity index is 2.05. The van der Waals surface area contributed by atoms with Gasteiger partial charge in [0.15, 0.2) is 5.65 Å². The smallest absolute Gasteiger partial charge is 0.257 e. The Hall–Kier alpha value is -2.70. The number of pyridine rings is 1. The molecule has 0 aromatic carbocycles. The van der Waals surface area contributed by atoms with E-state index in [-0.39, 0.29) is 23.9 Å². The third kappa shape index (κ3) is 3.59. The molecule has 0 spiro atoms. The molecule has 144 valence electrons. The SMILES string of the molecule is CCC(C)n1nccc1NC(=O)c1cc(C(C)C)nc2c1cnn2C(C)C. The number of anilines is 1. The molecule has 3 aromatic rings. The van der Waals surface area contributed by atoms with Crippen LogP contribution in [0.15, 0.2) is 24.5 Å². The Morgan fingerprint density at radius 2 is 1.89 bits per heavy atom. The van der Waals surface area contributed by atoms with Crippen LogP contribution in [0.4, 0.5) is 5.82 Å². The van der Waals surface area contributed by atoms with Crippen molar-refractivity contribution in [3.8, 4) is 0 Å². The van der Waals surface area contributed by atoms with Crippen LogP contribution in [0, 0.1) is 0 Å². The summed E-state index contributed by atoms with van der Waals surface area (Å²) in [6.07, 6.45) is 4.37. The maximum atomic E-state index is 13.1. The predicted octanol–water partition coefficient (Wildman–Crippen LogP) is 4.56. The van der Waals surface area contributed by atoms with Gasteiger partial charge in [0.1, 0.15) is 5.82 Å². The molecule has 0 aliphatic carbocycles. The van der Waals surface area contributed by atoms with E-state index < -0.39 is 0 Å². The molecule has 27 heavy (non-hydrogen) atoms. The largest absolute Gasteiger partial charge is 0.307 e. The average Bonchev–Trinajstić information content (AvgIpc) is 3.26. The number of aromatic nitrogens is 5. The van der Waals surface area contributed by atoms with Crippen LogP contribution in [0.5, 0.6) is 0 Å². The summed E-state index contributed by atoms with van der Waals surface area (Å²) in [7, 11) is 0. The Bertz CT molecular complexity index is 953. The zero-order valence-electron chi connectivity index (χ0n) is 16.9. The summed E-state index contributed by atoms with van der Waals surface area (Å²) in [5.41, 5.74) is 2.22. The van der Waals surface area contributed by atoms with Crippen molar-refractivity contribution in [2.24, 2.45) is 0 Å². The van der Waals surface area contributed by atoms with Gasteiger partial charge in [-0.05, 0) is 39.2 Å². The molecule has 3 heterocycles. The molecule has 1 unspecified atom stereocenters. The minimum absolute atomic E-state index is 0.167. The number of nitrogens with one attached hydrogen (secondary N) is 1. The van der Waals surface area contributed by atoms with Crippen LogP contribution < -0.4 is 5.32 Å². The zero-order valence-corrected chi connectivity index (χ0v) is 16.9. The number of carbonyl (C=O) groups excluding carboxylic acids is 1. The fourth-order valence-electron chi connectivity index (χ4n) is 3.02. The molecule has 3 aromatic heterocycles. The van der Waals surface area contributed by atoms with Gasteiger partial charge in [0, 0.05) is 17.8 Å². The Morgan fingerprint density at radius 3 is 2.52 bits per heavy atom. The van der Waals surface area contributed by atoms with Crippen molar-refractivity contribution in [3.05, 3.63) is 35.8 Å². The molecule has 0 fully saturated rings. The quantitative estimate of drug-likeness (QED) is 0.692. The summed E-state index contributed by atoms with van der Waals surface area (Å²) in [4.78, 5) is 17.9. The molecule has 0 aliphatic rings. The molecule has 1 N–H and O–H groups in total. The highest BCUT2D eigenvalue weighted by atomic mass is 16.1. The van der Waals surface area contributed by atoms with E-state index in [1.807, 2.05) is 21.5 Å². The maximum absolute atomic E-state index is 13.1. The van der Waals surface area contributed by atoms with Gasteiger partial charge in [-0.3, -0.25) is 4.79 Å². The lowest BCUT2D eigenvalue weighted by Crippen LogP contribution is -2.18. The standard InChI is InChI=1S/C20H28N6O/c1-7-14(6)26-18(8-9-21-26)24-20(27)15-10-17(12(2)3)23-19-16(15)11-22-25(19)13(4)5/h8-14H,7H2,1-6H3,(H,24,27). The first kappa shape index (κ1) is 19.1. The second kappa shape index (κ2) is 7.50. The van der Waals surface area contributed by atoms with Crippen LogP contribution in [-0.4, -0.2) is 30.5 Å². The van der Waals surface area contributed by atoms with Gasteiger partial charge in [-0.15, -0.1) is 0 Å². The zero-order chi connectivity index (χ0) is 19.7. The van der Waals surface area contributed by atoms with E-state index in [0.29, 0.717) is 11.4 Å². The topological polar surface area (TPSA) is 77.6 Å². The maximum Gasteiger partial charge on any atom is 0.257 e. The first-order chi connectivity index (χ1) is 12.8.